The SMILES string of the molecule is CCOC(=O)c1c(C)oc2c1c(C(c1ccnc(OCc3ccc(Cl)cc3)c1)N1CCCCC1)c(O)c1ccccc12.CCOC(=O)c1c(C)oc2c1c(C(c1ccnc(OCc3ccc(F)c(Cl)c3)c1)N1CCCCC1)c(O)c1ccccc12.CCOC(=O)c1c(C)oc2c1c(C(c1ccnc(OCc3cccc(OC)c3)c1)N1CCCCC1)c(O)c1ccccc12. The van der Waals surface area contributed by atoms with Crippen LogP contribution < -0.4 is 18.9 Å². The molecule has 25 heteroatoms. The predicted octanol–water partition coefficient (Wildman–Crippen LogP) is 23.4. The van der Waals surface area contributed by atoms with E-state index in [1.807, 2.05) is 158 Å². The number of hydrogen-bond acceptors (Lipinski definition) is 22. The molecule has 0 bridgehead atoms. The van der Waals surface area contributed by atoms with Crippen molar-refractivity contribution in [3.8, 4) is 40.6 Å². The first-order valence-electron chi connectivity index (χ1n) is 43.6. The highest BCUT2D eigenvalue weighted by molar-refractivity contribution is 6.31. The van der Waals surface area contributed by atoms with Gasteiger partial charge in [-0.15, -0.1) is 0 Å². The third-order valence-corrected chi connectivity index (χ3v) is 24.6. The number of likely N-dealkylation sites (tertiary alicyclic amines) is 3. The van der Waals surface area contributed by atoms with Gasteiger partial charge in [0.2, 0.25) is 17.6 Å². The molecule has 3 aliphatic rings. The molecule has 3 atom stereocenters. The normalized spacial score (nSPS) is 14.7. The number of halogens is 3. The molecule has 3 saturated heterocycles. The number of methoxy groups -OCH3 is 1. The van der Waals surface area contributed by atoms with Gasteiger partial charge in [0.1, 0.15) is 99.4 Å². The van der Waals surface area contributed by atoms with Crippen LogP contribution in [0.3, 0.4) is 0 Å². The molecule has 128 heavy (non-hydrogen) atoms. The summed E-state index contributed by atoms with van der Waals surface area (Å²) in [6.07, 6.45) is 14.7. The van der Waals surface area contributed by atoms with Gasteiger partial charge < -0.3 is 61.7 Å². The zero-order chi connectivity index (χ0) is 89.2. The van der Waals surface area contributed by atoms with E-state index in [2.05, 4.69) is 29.7 Å². The van der Waals surface area contributed by atoms with E-state index < -0.39 is 29.8 Å². The molecule has 22 nitrogen and oxygen atoms in total. The van der Waals surface area contributed by atoms with E-state index in [-0.39, 0.29) is 60.8 Å². The number of rotatable bonds is 25. The van der Waals surface area contributed by atoms with Crippen LogP contribution in [-0.4, -0.2) is 129 Å². The Labute approximate surface area is 750 Å². The van der Waals surface area contributed by atoms with Gasteiger partial charge in [0, 0.05) is 107 Å². The molecule has 0 aliphatic carbocycles. The Morgan fingerprint density at radius 1 is 0.406 bits per heavy atom. The second kappa shape index (κ2) is 40.0. The Kier molecular flexibility index (Phi) is 27.7. The summed E-state index contributed by atoms with van der Waals surface area (Å²) in [5.74, 6) is 1.82. The molecular weight excluding hydrogens is 1670 g/mol. The number of carbonyl (C=O) groups is 3. The van der Waals surface area contributed by atoms with Crippen molar-refractivity contribution in [3.63, 3.8) is 0 Å². The highest BCUT2D eigenvalue weighted by Gasteiger charge is 2.39. The third-order valence-electron chi connectivity index (χ3n) is 24.0. The first-order chi connectivity index (χ1) is 62.3. The van der Waals surface area contributed by atoms with Gasteiger partial charge in [0.15, 0.2) is 0 Å². The van der Waals surface area contributed by atoms with Crippen molar-refractivity contribution >= 4 is 106 Å². The number of aromatic hydroxyl groups is 3. The highest BCUT2D eigenvalue weighted by atomic mass is 35.5. The van der Waals surface area contributed by atoms with Crippen molar-refractivity contribution in [1.29, 1.82) is 0 Å². The van der Waals surface area contributed by atoms with Gasteiger partial charge >= 0.3 is 17.9 Å². The predicted molar refractivity (Wildman–Crippen MR) is 492 cm³/mol. The van der Waals surface area contributed by atoms with Gasteiger partial charge in [0.25, 0.3) is 0 Å². The van der Waals surface area contributed by atoms with Gasteiger partial charge in [-0.3, -0.25) is 14.7 Å². The van der Waals surface area contributed by atoms with E-state index in [1.54, 1.807) is 73.3 Å². The Morgan fingerprint density at radius 2 is 0.734 bits per heavy atom. The van der Waals surface area contributed by atoms with Crippen LogP contribution >= 0.6 is 23.2 Å². The maximum absolute atomic E-state index is 13.7. The second-order valence-corrected chi connectivity index (χ2v) is 33.0. The van der Waals surface area contributed by atoms with E-state index in [0.717, 1.165) is 141 Å². The molecule has 660 valence electrons. The van der Waals surface area contributed by atoms with Gasteiger partial charge in [-0.05, 0) is 207 Å². The third kappa shape index (κ3) is 18.6. The number of ether oxygens (including phenoxy) is 7. The summed E-state index contributed by atoms with van der Waals surface area (Å²) in [5, 5.41) is 42.6. The second-order valence-electron chi connectivity index (χ2n) is 32.2. The lowest BCUT2D eigenvalue weighted by Crippen LogP contribution is -2.34. The number of furan rings is 3. The molecule has 9 aromatic carbocycles. The molecular formula is C103H101Cl2FN6O16. The number of pyridine rings is 3. The fourth-order valence-corrected chi connectivity index (χ4v) is 18.6. The lowest BCUT2D eigenvalue weighted by molar-refractivity contribution is 0.0516. The Bertz CT molecular complexity index is 6570. The van der Waals surface area contributed by atoms with Crippen LogP contribution in [0.1, 0.15) is 195 Å². The lowest BCUT2D eigenvalue weighted by Gasteiger charge is -2.36. The number of piperidine rings is 3. The average molecular weight is 1770 g/mol. The van der Waals surface area contributed by atoms with E-state index in [1.165, 1.54) is 12.1 Å². The van der Waals surface area contributed by atoms with Crippen molar-refractivity contribution in [3.05, 3.63) is 294 Å². The molecule has 6 aromatic heterocycles. The van der Waals surface area contributed by atoms with Crippen LogP contribution in [-0.2, 0) is 34.0 Å². The summed E-state index contributed by atoms with van der Waals surface area (Å²) in [6, 6.07) is 52.6. The van der Waals surface area contributed by atoms with Crippen LogP contribution in [0.4, 0.5) is 4.39 Å². The van der Waals surface area contributed by atoms with Crippen molar-refractivity contribution in [2.45, 2.75) is 137 Å². The van der Waals surface area contributed by atoms with Gasteiger partial charge in [-0.1, -0.05) is 146 Å². The molecule has 3 N–H and O–H groups in total. The molecule has 0 spiro atoms. The van der Waals surface area contributed by atoms with E-state index in [0.29, 0.717) is 147 Å². The summed E-state index contributed by atoms with van der Waals surface area (Å²) in [7, 11) is 1.64. The Morgan fingerprint density at radius 3 is 1.07 bits per heavy atom. The van der Waals surface area contributed by atoms with Crippen LogP contribution in [0.2, 0.25) is 10.0 Å². The molecule has 9 heterocycles. The minimum absolute atomic E-state index is 0.0246. The molecule has 18 rings (SSSR count). The van der Waals surface area contributed by atoms with Crippen molar-refractivity contribution in [1.82, 2.24) is 29.7 Å². The lowest BCUT2D eigenvalue weighted by atomic mass is 9.88. The monoisotopic (exact) mass is 1770 g/mol. The minimum Gasteiger partial charge on any atom is -0.507 e. The average Bonchev–Trinajstić information content (AvgIpc) is 1.54. The summed E-state index contributed by atoms with van der Waals surface area (Å²) in [6.45, 7) is 17.0. The van der Waals surface area contributed by atoms with E-state index >= 15 is 0 Å². The van der Waals surface area contributed by atoms with E-state index in [4.69, 9.17) is 69.6 Å². The smallest absolute Gasteiger partial charge is 0.342 e. The molecule has 15 aromatic rings. The first kappa shape index (κ1) is 88.7. The molecule has 0 saturated carbocycles. The zero-order valence-corrected chi connectivity index (χ0v) is 74.0. The topological polar surface area (TPSA) is 264 Å². The zero-order valence-electron chi connectivity index (χ0n) is 72.5. The van der Waals surface area contributed by atoms with Crippen LogP contribution in [0.5, 0.6) is 40.6 Å². The van der Waals surface area contributed by atoms with Crippen LogP contribution in [0.25, 0.3) is 65.2 Å². The molecule has 0 amide bonds. The molecule has 3 aliphatic heterocycles. The summed E-state index contributed by atoms with van der Waals surface area (Å²) >= 11 is 12.0. The summed E-state index contributed by atoms with van der Waals surface area (Å²) in [4.78, 5) is 60.5. The van der Waals surface area contributed by atoms with Crippen molar-refractivity contribution in [2.24, 2.45) is 0 Å². The quantitative estimate of drug-likeness (QED) is 0.0354. The van der Waals surface area contributed by atoms with Crippen molar-refractivity contribution < 1.29 is 80.5 Å². The summed E-state index contributed by atoms with van der Waals surface area (Å²) in [5.41, 5.74) is 9.77. The first-order valence-corrected chi connectivity index (χ1v) is 44.4. The number of esters is 3. The number of aromatic nitrogens is 3. The number of hydrogen-bond donors (Lipinski definition) is 3. The number of benzene rings is 9. The maximum atomic E-state index is 13.7. The summed E-state index contributed by atoms with van der Waals surface area (Å²) < 4.78 is 72.6. The molecule has 3 fully saturated rings. The van der Waals surface area contributed by atoms with E-state index in [9.17, 15) is 34.1 Å². The van der Waals surface area contributed by atoms with Gasteiger partial charge in [-0.25, -0.2) is 33.7 Å². The highest BCUT2D eigenvalue weighted by Crippen LogP contribution is 2.53. The maximum Gasteiger partial charge on any atom is 0.342 e. The Balaban J connectivity index is 0.000000141. The molecule has 3 unspecified atom stereocenters. The number of phenols is 3. The van der Waals surface area contributed by atoms with Crippen LogP contribution in [0, 0.1) is 26.6 Å². The van der Waals surface area contributed by atoms with Gasteiger partial charge in [0.05, 0.1) is 50.1 Å². The standard InChI is InChI=1S/C35H36N2O6.C34H32ClFN2O5.C34H33ClN2O5/c1-4-41-35(39)29-22(2)43-34-27-14-7-6-13-26(27)33(38)31(30(29)34)32(37-17-8-5-9-18-37)24-15-16-36-28(20-24)42-21-23-11-10-12-25(19-23)40-3;1-3-41-34(40)28-20(2)43-33-24-10-6-5-9-23(24)32(39)30(29(28)33)31(38-15-7-4-8-16-38)22-13-14-37-27(18-22)42-19-21-11-12-26(36)25(35)17-21;1-3-40-34(39)28-21(2)42-33-26-10-6-5-9-25(26)32(38)30(29(28)33)31(37-17-7-4-8-18-37)23-15-16-36-27(19-23)41-20-22-11-13-24(35)14-12-22/h6-7,10-16,19-20,32,38H,4-5,8-9,17-18,21H2,1-3H3;5-6,9-14,17-18,31,39H,3-4,7-8,15-16,19H2,1-2H3;5-6,9-16,19,31,38H,3-4,7-8,17-18,20H2,1-2H3. The fraction of sp³-hybridized carbons (Fsp3) is 0.301. The number of aryl methyl sites for hydroxylation is 3. The number of phenolic OH excluding ortho intramolecular Hbond substituents is 3. The minimum atomic E-state index is -0.496. The largest absolute Gasteiger partial charge is 0.507 e. The fourth-order valence-electron chi connectivity index (χ4n) is 18.2. The van der Waals surface area contributed by atoms with Gasteiger partial charge in [-0.2, -0.15) is 0 Å². The van der Waals surface area contributed by atoms with Crippen molar-refractivity contribution in [2.75, 3.05) is 66.2 Å². The van der Waals surface area contributed by atoms with Crippen LogP contribution in [0.15, 0.2) is 208 Å². The number of nitrogens with zero attached hydrogens (tertiary/aromatic N) is 6. The number of fused-ring (bicyclic) bond motifs is 9. The Hall–Kier alpha value is -12.8. The number of carbonyl (C=O) groups excluding carboxylic acids is 3. The molecule has 0 radical (unpaired) electrons.